The summed E-state index contributed by atoms with van der Waals surface area (Å²) < 4.78 is 5.69. The standard InChI is InChI=1S/C16H30N6O/c1-7-16(8-2)11(9-12(16)23-6)22(5)10-13-18-14(17)20-15(19-13)21(3)4/h11-12H,7-10H2,1-6H3,(H2,17,18,19,20)/t11-,12-/m0/s1. The number of rotatable bonds is 7. The molecule has 0 saturated heterocycles. The summed E-state index contributed by atoms with van der Waals surface area (Å²) in [4.78, 5) is 17.1. The van der Waals surface area contributed by atoms with Crippen LogP contribution in [0.4, 0.5) is 11.9 Å². The Hall–Kier alpha value is -1.47. The quantitative estimate of drug-likeness (QED) is 0.815. The fraction of sp³-hybridized carbons (Fsp3) is 0.812. The van der Waals surface area contributed by atoms with Gasteiger partial charge in [-0.3, -0.25) is 4.90 Å². The van der Waals surface area contributed by atoms with Crippen LogP contribution in [0.15, 0.2) is 0 Å². The molecular formula is C16H30N6O. The van der Waals surface area contributed by atoms with Crippen LogP contribution >= 0.6 is 0 Å². The molecule has 2 rings (SSSR count). The van der Waals surface area contributed by atoms with E-state index in [-0.39, 0.29) is 11.4 Å². The Balaban J connectivity index is 2.15. The number of ether oxygens (including phenoxy) is 1. The number of hydrogen-bond acceptors (Lipinski definition) is 7. The lowest BCUT2D eigenvalue weighted by Crippen LogP contribution is -2.63. The van der Waals surface area contributed by atoms with E-state index in [1.807, 2.05) is 26.1 Å². The van der Waals surface area contributed by atoms with Gasteiger partial charge in [0.15, 0.2) is 0 Å². The third kappa shape index (κ3) is 3.26. The van der Waals surface area contributed by atoms with Gasteiger partial charge in [-0.2, -0.15) is 15.0 Å². The molecule has 7 heteroatoms. The van der Waals surface area contributed by atoms with Gasteiger partial charge in [0.25, 0.3) is 0 Å². The van der Waals surface area contributed by atoms with E-state index in [0.29, 0.717) is 30.5 Å². The molecule has 2 N–H and O–H groups in total. The molecule has 0 aromatic carbocycles. The predicted octanol–water partition coefficient (Wildman–Crippen LogP) is 1.55. The van der Waals surface area contributed by atoms with Crippen LogP contribution in [0, 0.1) is 5.41 Å². The zero-order valence-corrected chi connectivity index (χ0v) is 15.2. The third-order valence-corrected chi connectivity index (χ3v) is 5.35. The Morgan fingerprint density at radius 3 is 2.35 bits per heavy atom. The van der Waals surface area contributed by atoms with Crippen molar-refractivity contribution in [3.05, 3.63) is 5.82 Å². The second-order valence-electron chi connectivity index (χ2n) is 6.64. The third-order valence-electron chi connectivity index (χ3n) is 5.35. The van der Waals surface area contributed by atoms with E-state index in [2.05, 4.69) is 40.7 Å². The highest BCUT2D eigenvalue weighted by molar-refractivity contribution is 5.32. The maximum Gasteiger partial charge on any atom is 0.229 e. The Kier molecular flexibility index (Phi) is 5.41. The molecule has 1 aromatic heterocycles. The lowest BCUT2D eigenvalue weighted by molar-refractivity contribution is -0.158. The van der Waals surface area contributed by atoms with Gasteiger partial charge in [0.1, 0.15) is 5.82 Å². The van der Waals surface area contributed by atoms with E-state index in [9.17, 15) is 0 Å². The molecule has 0 bridgehead atoms. The summed E-state index contributed by atoms with van der Waals surface area (Å²) in [7, 11) is 7.75. The highest BCUT2D eigenvalue weighted by Gasteiger charge is 2.54. The molecule has 2 atom stereocenters. The maximum absolute atomic E-state index is 5.82. The number of nitrogens with two attached hydrogens (primary N) is 1. The van der Waals surface area contributed by atoms with E-state index >= 15 is 0 Å². The Morgan fingerprint density at radius 2 is 1.83 bits per heavy atom. The minimum atomic E-state index is 0.215. The summed E-state index contributed by atoms with van der Waals surface area (Å²) in [5.74, 6) is 1.58. The maximum atomic E-state index is 5.82. The van der Waals surface area contributed by atoms with Crippen LogP contribution in [0.25, 0.3) is 0 Å². The van der Waals surface area contributed by atoms with Crippen molar-refractivity contribution in [1.82, 2.24) is 19.9 Å². The van der Waals surface area contributed by atoms with Crippen molar-refractivity contribution in [3.8, 4) is 0 Å². The first-order chi connectivity index (χ1) is 10.9. The van der Waals surface area contributed by atoms with Crippen LogP contribution in [0.3, 0.4) is 0 Å². The Bertz CT molecular complexity index is 531. The largest absolute Gasteiger partial charge is 0.381 e. The van der Waals surface area contributed by atoms with Crippen molar-refractivity contribution >= 4 is 11.9 Å². The molecule has 0 spiro atoms. The monoisotopic (exact) mass is 322 g/mol. The molecular weight excluding hydrogens is 292 g/mol. The molecule has 0 amide bonds. The van der Waals surface area contributed by atoms with E-state index in [4.69, 9.17) is 10.5 Å². The fourth-order valence-corrected chi connectivity index (χ4v) is 3.88. The lowest BCUT2D eigenvalue weighted by Gasteiger charge is -2.58. The molecule has 1 fully saturated rings. The van der Waals surface area contributed by atoms with Crippen LogP contribution < -0.4 is 10.6 Å². The summed E-state index contributed by atoms with van der Waals surface area (Å²) in [5, 5.41) is 0. The minimum absolute atomic E-state index is 0.215. The van der Waals surface area contributed by atoms with Crippen molar-refractivity contribution in [3.63, 3.8) is 0 Å². The number of aromatic nitrogens is 3. The second-order valence-corrected chi connectivity index (χ2v) is 6.64. The van der Waals surface area contributed by atoms with Crippen LogP contribution in [-0.2, 0) is 11.3 Å². The highest BCUT2D eigenvalue weighted by atomic mass is 16.5. The average molecular weight is 322 g/mol. The topological polar surface area (TPSA) is 80.4 Å². The molecule has 0 unspecified atom stereocenters. The van der Waals surface area contributed by atoms with Crippen LogP contribution in [-0.4, -0.2) is 60.3 Å². The van der Waals surface area contributed by atoms with Gasteiger partial charge < -0.3 is 15.4 Å². The number of methoxy groups -OCH3 is 1. The van der Waals surface area contributed by atoms with Gasteiger partial charge in [-0.25, -0.2) is 0 Å². The van der Waals surface area contributed by atoms with Gasteiger partial charge >= 0.3 is 0 Å². The predicted molar refractivity (Wildman–Crippen MR) is 92.3 cm³/mol. The SMILES string of the molecule is CCC1(CC)[C@@H](OC)C[C@@H]1N(C)Cc1nc(N)nc(N(C)C)n1. The first-order valence-corrected chi connectivity index (χ1v) is 8.28. The molecule has 0 aliphatic heterocycles. The smallest absolute Gasteiger partial charge is 0.229 e. The highest BCUT2D eigenvalue weighted by Crippen LogP contribution is 2.51. The van der Waals surface area contributed by atoms with Crippen molar-refractivity contribution < 1.29 is 4.74 Å². The molecule has 7 nitrogen and oxygen atoms in total. The second kappa shape index (κ2) is 6.97. The number of hydrogen-bond donors (Lipinski definition) is 1. The fourth-order valence-electron chi connectivity index (χ4n) is 3.88. The number of anilines is 2. The molecule has 23 heavy (non-hydrogen) atoms. The molecule has 1 heterocycles. The number of nitrogen functional groups attached to an aromatic ring is 1. The van der Waals surface area contributed by atoms with E-state index in [0.717, 1.165) is 19.3 Å². The first kappa shape index (κ1) is 17.9. The van der Waals surface area contributed by atoms with E-state index < -0.39 is 0 Å². The lowest BCUT2D eigenvalue weighted by atomic mass is 9.58. The van der Waals surface area contributed by atoms with Crippen molar-refractivity contribution in [1.29, 1.82) is 0 Å². The van der Waals surface area contributed by atoms with Gasteiger partial charge in [0.05, 0.1) is 12.6 Å². The first-order valence-electron chi connectivity index (χ1n) is 8.28. The van der Waals surface area contributed by atoms with E-state index in [1.54, 1.807) is 0 Å². The van der Waals surface area contributed by atoms with Gasteiger partial charge in [0, 0.05) is 32.7 Å². The summed E-state index contributed by atoms with van der Waals surface area (Å²) >= 11 is 0. The summed E-state index contributed by atoms with van der Waals surface area (Å²) in [6, 6.07) is 0.475. The molecule has 1 aromatic rings. The summed E-state index contributed by atoms with van der Waals surface area (Å²) in [5.41, 5.74) is 6.03. The van der Waals surface area contributed by atoms with E-state index in [1.165, 1.54) is 0 Å². The molecule has 1 aliphatic carbocycles. The van der Waals surface area contributed by atoms with Gasteiger partial charge in [-0.05, 0) is 26.3 Å². The van der Waals surface area contributed by atoms with Gasteiger partial charge in [-0.15, -0.1) is 0 Å². The zero-order valence-electron chi connectivity index (χ0n) is 15.2. The van der Waals surface area contributed by atoms with Gasteiger partial charge in [0.2, 0.25) is 11.9 Å². The average Bonchev–Trinajstić information content (AvgIpc) is 2.47. The van der Waals surface area contributed by atoms with Crippen molar-refractivity contribution in [2.24, 2.45) is 5.41 Å². The Labute approximate surface area is 139 Å². The molecule has 0 radical (unpaired) electrons. The molecule has 1 aliphatic rings. The van der Waals surface area contributed by atoms with Crippen LogP contribution in [0.1, 0.15) is 38.9 Å². The summed E-state index contributed by atoms with van der Waals surface area (Å²) in [6.07, 6.45) is 3.61. The zero-order chi connectivity index (χ0) is 17.2. The number of nitrogens with zero attached hydrogens (tertiary/aromatic N) is 5. The Morgan fingerprint density at radius 1 is 1.17 bits per heavy atom. The van der Waals surface area contributed by atoms with Crippen LogP contribution in [0.2, 0.25) is 0 Å². The minimum Gasteiger partial charge on any atom is -0.381 e. The molecule has 1 saturated carbocycles. The molecule has 130 valence electrons. The van der Waals surface area contributed by atoms with Crippen molar-refractivity contribution in [2.75, 3.05) is 38.9 Å². The summed E-state index contributed by atoms with van der Waals surface area (Å²) in [6.45, 7) is 5.16. The van der Waals surface area contributed by atoms with Gasteiger partial charge in [-0.1, -0.05) is 13.8 Å². The normalized spacial score (nSPS) is 22.9. The van der Waals surface area contributed by atoms with Crippen LogP contribution in [0.5, 0.6) is 0 Å². The van der Waals surface area contributed by atoms with Crippen molar-refractivity contribution in [2.45, 2.75) is 51.8 Å².